The molecule has 5 nitrogen and oxygen atoms in total. The Hall–Kier alpha value is -1.91. The van der Waals surface area contributed by atoms with E-state index >= 15 is 0 Å². The summed E-state index contributed by atoms with van der Waals surface area (Å²) in [6, 6.07) is 8.11. The van der Waals surface area contributed by atoms with Gasteiger partial charge >= 0.3 is 6.03 Å². The third-order valence-electron chi connectivity index (χ3n) is 3.50. The molecular formula is C15H23N3O2. The van der Waals surface area contributed by atoms with Crippen LogP contribution in [0.1, 0.15) is 26.2 Å². The predicted octanol–water partition coefficient (Wildman–Crippen LogP) is 2.43. The number of benzene rings is 1. The van der Waals surface area contributed by atoms with Crippen molar-refractivity contribution in [3.8, 4) is 5.75 Å². The smallest absolute Gasteiger partial charge is 0.314 e. The van der Waals surface area contributed by atoms with Crippen LogP contribution in [-0.4, -0.2) is 36.7 Å². The van der Waals surface area contributed by atoms with Crippen LogP contribution in [0.3, 0.4) is 0 Å². The highest BCUT2D eigenvalue weighted by molar-refractivity contribution is 5.72. The minimum absolute atomic E-state index is 0.319. The monoisotopic (exact) mass is 277 g/mol. The van der Waals surface area contributed by atoms with Gasteiger partial charge in [-0.2, -0.15) is 0 Å². The van der Waals surface area contributed by atoms with Crippen LogP contribution in [0.25, 0.3) is 0 Å². The summed E-state index contributed by atoms with van der Waals surface area (Å²) >= 11 is 0. The molecule has 0 aliphatic carbocycles. The summed E-state index contributed by atoms with van der Waals surface area (Å²) in [4.78, 5) is 12.8. The van der Waals surface area contributed by atoms with Gasteiger partial charge in [0.1, 0.15) is 5.75 Å². The third-order valence-corrected chi connectivity index (χ3v) is 3.50. The normalized spacial score (nSPS) is 15.9. The molecule has 1 aliphatic rings. The molecule has 0 unspecified atom stereocenters. The number of nitrogens with zero attached hydrogens (tertiary/aromatic N) is 1. The number of hydrogen-bond acceptors (Lipinski definition) is 3. The third kappa shape index (κ3) is 4.05. The first-order valence-electron chi connectivity index (χ1n) is 7.23. The van der Waals surface area contributed by atoms with Gasteiger partial charge in [-0.1, -0.05) is 6.92 Å². The Kier molecular flexibility index (Phi) is 5.09. The minimum atomic E-state index is -0.319. The number of hydrogen-bond donors (Lipinski definition) is 2. The standard InChI is InChI=1S/C15H23N3O2/c1-2-11-20-14-5-3-12(4-6-14)17-13-7-9-18(10-8-13)15(16)19/h3-6,13,17H,2,7-11H2,1H3,(H2,16,19). The Balaban J connectivity index is 1.80. The highest BCUT2D eigenvalue weighted by atomic mass is 16.5. The number of primary amides is 1. The van der Waals surface area contributed by atoms with Crippen LogP contribution in [0.2, 0.25) is 0 Å². The Bertz CT molecular complexity index is 425. The Labute approximate surface area is 120 Å². The molecule has 5 heteroatoms. The Morgan fingerprint density at radius 3 is 2.55 bits per heavy atom. The molecular weight excluding hydrogens is 254 g/mol. The number of ether oxygens (including phenoxy) is 1. The molecule has 1 heterocycles. The first-order chi connectivity index (χ1) is 9.69. The molecule has 0 aromatic heterocycles. The van der Waals surface area contributed by atoms with Crippen molar-refractivity contribution in [3.63, 3.8) is 0 Å². The average molecular weight is 277 g/mol. The maximum absolute atomic E-state index is 11.1. The topological polar surface area (TPSA) is 67.6 Å². The SMILES string of the molecule is CCCOc1ccc(NC2CCN(C(N)=O)CC2)cc1. The van der Waals surface area contributed by atoms with Crippen LogP contribution in [-0.2, 0) is 0 Å². The highest BCUT2D eigenvalue weighted by Gasteiger charge is 2.20. The lowest BCUT2D eigenvalue weighted by Crippen LogP contribution is -2.44. The minimum Gasteiger partial charge on any atom is -0.494 e. The van der Waals surface area contributed by atoms with Gasteiger partial charge in [-0.3, -0.25) is 0 Å². The van der Waals surface area contributed by atoms with E-state index in [9.17, 15) is 4.79 Å². The van der Waals surface area contributed by atoms with Crippen molar-refractivity contribution in [2.24, 2.45) is 5.73 Å². The average Bonchev–Trinajstić information content (AvgIpc) is 2.47. The van der Waals surface area contributed by atoms with E-state index in [2.05, 4.69) is 12.2 Å². The lowest BCUT2D eigenvalue weighted by atomic mass is 10.0. The first kappa shape index (κ1) is 14.5. The number of amides is 2. The maximum Gasteiger partial charge on any atom is 0.314 e. The van der Waals surface area contributed by atoms with E-state index in [1.165, 1.54) is 0 Å². The van der Waals surface area contributed by atoms with Crippen LogP contribution in [0, 0.1) is 0 Å². The van der Waals surface area contributed by atoms with Crippen molar-refractivity contribution in [3.05, 3.63) is 24.3 Å². The molecule has 20 heavy (non-hydrogen) atoms. The number of nitrogens with two attached hydrogens (primary N) is 1. The van der Waals surface area contributed by atoms with Crippen molar-refractivity contribution < 1.29 is 9.53 Å². The quantitative estimate of drug-likeness (QED) is 0.868. The highest BCUT2D eigenvalue weighted by Crippen LogP contribution is 2.19. The number of carbonyl (C=O) groups excluding carboxylic acids is 1. The number of urea groups is 1. The second-order valence-electron chi connectivity index (χ2n) is 5.12. The second-order valence-corrected chi connectivity index (χ2v) is 5.12. The van der Waals surface area contributed by atoms with E-state index in [4.69, 9.17) is 10.5 Å². The van der Waals surface area contributed by atoms with Crippen LogP contribution in [0.4, 0.5) is 10.5 Å². The Morgan fingerprint density at radius 1 is 1.35 bits per heavy atom. The van der Waals surface area contributed by atoms with E-state index in [1.54, 1.807) is 4.90 Å². The summed E-state index contributed by atoms with van der Waals surface area (Å²) in [5.74, 6) is 0.904. The molecule has 0 spiro atoms. The molecule has 1 aliphatic heterocycles. The predicted molar refractivity (Wildman–Crippen MR) is 80.0 cm³/mol. The fraction of sp³-hybridized carbons (Fsp3) is 0.533. The largest absolute Gasteiger partial charge is 0.494 e. The molecule has 2 amide bonds. The van der Waals surface area contributed by atoms with Crippen molar-refractivity contribution in [1.29, 1.82) is 0 Å². The molecule has 1 saturated heterocycles. The van der Waals surface area contributed by atoms with Gasteiger partial charge in [-0.05, 0) is 43.5 Å². The maximum atomic E-state index is 11.1. The van der Waals surface area contributed by atoms with E-state index in [0.717, 1.165) is 50.4 Å². The summed E-state index contributed by atoms with van der Waals surface area (Å²) in [5.41, 5.74) is 6.36. The molecule has 0 saturated carbocycles. The molecule has 1 aromatic rings. The van der Waals surface area contributed by atoms with Crippen LogP contribution >= 0.6 is 0 Å². The number of nitrogens with one attached hydrogen (secondary N) is 1. The molecule has 3 N–H and O–H groups in total. The van der Waals surface area contributed by atoms with Crippen molar-refractivity contribution >= 4 is 11.7 Å². The van der Waals surface area contributed by atoms with Gasteiger partial charge in [0.25, 0.3) is 0 Å². The fourth-order valence-electron chi connectivity index (χ4n) is 2.35. The van der Waals surface area contributed by atoms with Gasteiger partial charge in [0.05, 0.1) is 6.61 Å². The molecule has 1 aromatic carbocycles. The lowest BCUT2D eigenvalue weighted by molar-refractivity contribution is 0.193. The molecule has 0 radical (unpaired) electrons. The lowest BCUT2D eigenvalue weighted by Gasteiger charge is -2.31. The van der Waals surface area contributed by atoms with Crippen LogP contribution < -0.4 is 15.8 Å². The van der Waals surface area contributed by atoms with E-state index in [1.807, 2.05) is 24.3 Å². The summed E-state index contributed by atoms with van der Waals surface area (Å²) in [6.45, 7) is 4.29. The van der Waals surface area contributed by atoms with Crippen molar-refractivity contribution in [1.82, 2.24) is 4.90 Å². The van der Waals surface area contributed by atoms with Crippen molar-refractivity contribution in [2.75, 3.05) is 25.0 Å². The van der Waals surface area contributed by atoms with Gasteiger partial charge in [-0.25, -0.2) is 4.79 Å². The van der Waals surface area contributed by atoms with Gasteiger partial charge < -0.3 is 20.7 Å². The molecule has 2 rings (SSSR count). The van der Waals surface area contributed by atoms with Gasteiger partial charge in [-0.15, -0.1) is 0 Å². The molecule has 0 atom stereocenters. The Morgan fingerprint density at radius 2 is 2.00 bits per heavy atom. The summed E-state index contributed by atoms with van der Waals surface area (Å²) < 4.78 is 5.55. The summed E-state index contributed by atoms with van der Waals surface area (Å²) in [6.07, 6.45) is 2.87. The van der Waals surface area contributed by atoms with E-state index in [-0.39, 0.29) is 6.03 Å². The summed E-state index contributed by atoms with van der Waals surface area (Å²) in [5, 5.41) is 3.49. The molecule has 1 fully saturated rings. The molecule has 0 bridgehead atoms. The first-order valence-corrected chi connectivity index (χ1v) is 7.23. The number of rotatable bonds is 5. The zero-order chi connectivity index (χ0) is 14.4. The summed E-state index contributed by atoms with van der Waals surface area (Å²) in [7, 11) is 0. The van der Waals surface area contributed by atoms with Crippen LogP contribution in [0.5, 0.6) is 5.75 Å². The zero-order valence-corrected chi connectivity index (χ0v) is 12.0. The fourth-order valence-corrected chi connectivity index (χ4v) is 2.35. The number of anilines is 1. The van der Waals surface area contributed by atoms with Gasteiger partial charge in [0.15, 0.2) is 0 Å². The number of likely N-dealkylation sites (tertiary alicyclic amines) is 1. The van der Waals surface area contributed by atoms with Gasteiger partial charge in [0.2, 0.25) is 0 Å². The number of piperidine rings is 1. The van der Waals surface area contributed by atoms with E-state index in [0.29, 0.717) is 6.04 Å². The number of carbonyl (C=O) groups is 1. The van der Waals surface area contributed by atoms with Crippen LogP contribution in [0.15, 0.2) is 24.3 Å². The zero-order valence-electron chi connectivity index (χ0n) is 12.0. The second kappa shape index (κ2) is 7.03. The van der Waals surface area contributed by atoms with E-state index < -0.39 is 0 Å². The van der Waals surface area contributed by atoms with Gasteiger partial charge in [0, 0.05) is 24.8 Å². The van der Waals surface area contributed by atoms with Crippen molar-refractivity contribution in [2.45, 2.75) is 32.2 Å². The molecule has 110 valence electrons.